The average Bonchev–Trinajstić information content (AvgIpc) is 2.84. The van der Waals surface area contributed by atoms with Crippen LogP contribution in [0.3, 0.4) is 0 Å². The number of hydrogen-bond acceptors (Lipinski definition) is 3. The van der Waals surface area contributed by atoms with Crippen molar-refractivity contribution in [2.75, 3.05) is 26.2 Å². The van der Waals surface area contributed by atoms with E-state index >= 15 is 0 Å². The fraction of sp³-hybridized carbons (Fsp3) is 0.909. The van der Waals surface area contributed by atoms with Gasteiger partial charge in [-0.2, -0.15) is 0 Å². The van der Waals surface area contributed by atoms with Gasteiger partial charge in [-0.1, -0.05) is 6.92 Å². The molecule has 15 heavy (non-hydrogen) atoms. The number of hydrogen-bond donors (Lipinski definition) is 2. The topological polar surface area (TPSA) is 52.6 Å². The van der Waals surface area contributed by atoms with Crippen molar-refractivity contribution in [3.63, 3.8) is 0 Å². The smallest absolute Gasteiger partial charge is 0.227 e. The zero-order chi connectivity index (χ0) is 10.8. The number of aliphatic hydroxyl groups excluding tert-OH is 1. The molecule has 4 heteroatoms. The zero-order valence-corrected chi connectivity index (χ0v) is 9.28. The van der Waals surface area contributed by atoms with Crippen LogP contribution in [0, 0.1) is 11.8 Å². The molecule has 0 bridgehead atoms. The van der Waals surface area contributed by atoms with E-state index in [2.05, 4.69) is 12.2 Å². The van der Waals surface area contributed by atoms with Gasteiger partial charge in [-0.3, -0.25) is 4.79 Å². The van der Waals surface area contributed by atoms with Gasteiger partial charge in [0.1, 0.15) is 0 Å². The lowest BCUT2D eigenvalue weighted by molar-refractivity contribution is -0.137. The molecule has 0 spiro atoms. The highest BCUT2D eigenvalue weighted by molar-refractivity contribution is 5.80. The number of aliphatic hydroxyl groups is 1. The second kappa shape index (κ2) is 4.49. The van der Waals surface area contributed by atoms with E-state index in [9.17, 15) is 9.90 Å². The molecule has 0 aromatic rings. The Balaban J connectivity index is 2.00. The van der Waals surface area contributed by atoms with Gasteiger partial charge in [0.25, 0.3) is 0 Å². The number of amides is 1. The molecule has 2 N–H and O–H groups in total. The summed E-state index contributed by atoms with van der Waals surface area (Å²) in [6, 6.07) is 0.0744. The predicted octanol–water partition coefficient (Wildman–Crippen LogP) is -0.175. The van der Waals surface area contributed by atoms with Crippen LogP contribution in [0.4, 0.5) is 0 Å². The SMILES string of the molecule is C[C@@H]1CNC[C@H]1C(=O)N1CCC[C@@H]1CO. The van der Waals surface area contributed by atoms with Gasteiger partial charge in [0.05, 0.1) is 18.6 Å². The largest absolute Gasteiger partial charge is 0.394 e. The minimum atomic E-state index is 0.0744. The van der Waals surface area contributed by atoms with Crippen molar-refractivity contribution in [1.82, 2.24) is 10.2 Å². The second-order valence-electron chi connectivity index (χ2n) is 4.75. The first-order chi connectivity index (χ1) is 7.24. The summed E-state index contributed by atoms with van der Waals surface area (Å²) in [5.74, 6) is 0.790. The highest BCUT2D eigenvalue weighted by Crippen LogP contribution is 2.24. The van der Waals surface area contributed by atoms with Crippen LogP contribution in [-0.4, -0.2) is 48.2 Å². The minimum absolute atomic E-state index is 0.0744. The van der Waals surface area contributed by atoms with Crippen LogP contribution < -0.4 is 5.32 Å². The van der Waals surface area contributed by atoms with E-state index in [1.807, 2.05) is 4.90 Å². The molecule has 2 fully saturated rings. The molecule has 0 radical (unpaired) electrons. The van der Waals surface area contributed by atoms with Crippen molar-refractivity contribution in [2.45, 2.75) is 25.8 Å². The Hall–Kier alpha value is -0.610. The molecular formula is C11H20N2O2. The summed E-state index contributed by atoms with van der Waals surface area (Å²) in [5.41, 5.74) is 0. The maximum atomic E-state index is 12.2. The highest BCUT2D eigenvalue weighted by Gasteiger charge is 2.37. The van der Waals surface area contributed by atoms with Crippen molar-refractivity contribution in [3.8, 4) is 0 Å². The molecule has 3 atom stereocenters. The van der Waals surface area contributed by atoms with Crippen LogP contribution in [0.25, 0.3) is 0 Å². The van der Waals surface area contributed by atoms with Gasteiger partial charge in [0.15, 0.2) is 0 Å². The van der Waals surface area contributed by atoms with Crippen molar-refractivity contribution in [3.05, 3.63) is 0 Å². The maximum absolute atomic E-state index is 12.2. The summed E-state index contributed by atoms with van der Waals surface area (Å²) in [7, 11) is 0. The summed E-state index contributed by atoms with van der Waals surface area (Å²) >= 11 is 0. The molecule has 2 aliphatic rings. The second-order valence-corrected chi connectivity index (χ2v) is 4.75. The van der Waals surface area contributed by atoms with Gasteiger partial charge in [-0.05, 0) is 25.3 Å². The normalized spacial score (nSPS) is 36.1. The fourth-order valence-corrected chi connectivity index (χ4v) is 2.67. The molecule has 2 aliphatic heterocycles. The third kappa shape index (κ3) is 2.01. The van der Waals surface area contributed by atoms with E-state index in [1.54, 1.807) is 0 Å². The summed E-state index contributed by atoms with van der Waals surface area (Å²) in [6.45, 7) is 4.79. The van der Waals surface area contributed by atoms with Crippen molar-refractivity contribution >= 4 is 5.91 Å². The average molecular weight is 212 g/mol. The van der Waals surface area contributed by atoms with Crippen molar-refractivity contribution in [1.29, 1.82) is 0 Å². The molecule has 4 nitrogen and oxygen atoms in total. The number of likely N-dealkylation sites (tertiary alicyclic amines) is 1. The minimum Gasteiger partial charge on any atom is -0.394 e. The van der Waals surface area contributed by atoms with E-state index in [1.165, 1.54) is 0 Å². The van der Waals surface area contributed by atoms with Crippen LogP contribution in [0.2, 0.25) is 0 Å². The van der Waals surface area contributed by atoms with Crippen LogP contribution in [-0.2, 0) is 4.79 Å². The van der Waals surface area contributed by atoms with Gasteiger partial charge in [0.2, 0.25) is 5.91 Å². The Labute approximate surface area is 90.6 Å². The van der Waals surface area contributed by atoms with E-state index < -0.39 is 0 Å². The van der Waals surface area contributed by atoms with Crippen molar-refractivity contribution in [2.24, 2.45) is 11.8 Å². The van der Waals surface area contributed by atoms with E-state index in [4.69, 9.17) is 0 Å². The summed E-state index contributed by atoms with van der Waals surface area (Å²) in [6.07, 6.45) is 1.99. The Morgan fingerprint density at radius 1 is 1.53 bits per heavy atom. The molecule has 0 aliphatic carbocycles. The molecule has 86 valence electrons. The number of nitrogens with one attached hydrogen (secondary N) is 1. The van der Waals surface area contributed by atoms with Gasteiger partial charge >= 0.3 is 0 Å². The first-order valence-electron chi connectivity index (χ1n) is 5.86. The lowest BCUT2D eigenvalue weighted by Gasteiger charge is -2.27. The van der Waals surface area contributed by atoms with E-state index in [-0.39, 0.29) is 24.5 Å². The van der Waals surface area contributed by atoms with Crippen LogP contribution in [0.1, 0.15) is 19.8 Å². The zero-order valence-electron chi connectivity index (χ0n) is 9.28. The van der Waals surface area contributed by atoms with Crippen LogP contribution in [0.15, 0.2) is 0 Å². The molecule has 2 heterocycles. The lowest BCUT2D eigenvalue weighted by atomic mass is 9.96. The molecule has 0 unspecified atom stereocenters. The number of carbonyl (C=O) groups excluding carboxylic acids is 1. The third-order valence-corrected chi connectivity index (χ3v) is 3.71. The van der Waals surface area contributed by atoms with Gasteiger partial charge in [0, 0.05) is 13.1 Å². The Bertz CT molecular complexity index is 245. The summed E-state index contributed by atoms with van der Waals surface area (Å²) in [4.78, 5) is 14.1. The molecule has 0 aromatic heterocycles. The molecule has 0 saturated carbocycles. The fourth-order valence-electron chi connectivity index (χ4n) is 2.67. The molecular weight excluding hydrogens is 192 g/mol. The Morgan fingerprint density at radius 2 is 2.33 bits per heavy atom. The monoisotopic (exact) mass is 212 g/mol. The first kappa shape index (κ1) is 10.9. The predicted molar refractivity (Wildman–Crippen MR) is 57.3 cm³/mol. The highest BCUT2D eigenvalue weighted by atomic mass is 16.3. The maximum Gasteiger partial charge on any atom is 0.227 e. The summed E-state index contributed by atoms with van der Waals surface area (Å²) in [5, 5.41) is 12.4. The molecule has 1 amide bonds. The van der Waals surface area contributed by atoms with Crippen LogP contribution >= 0.6 is 0 Å². The molecule has 2 saturated heterocycles. The lowest BCUT2D eigenvalue weighted by Crippen LogP contribution is -2.43. The van der Waals surface area contributed by atoms with E-state index in [0.717, 1.165) is 32.5 Å². The van der Waals surface area contributed by atoms with Gasteiger partial charge in [-0.25, -0.2) is 0 Å². The Kier molecular flexibility index (Phi) is 3.26. The van der Waals surface area contributed by atoms with Gasteiger partial charge < -0.3 is 15.3 Å². The van der Waals surface area contributed by atoms with Crippen molar-refractivity contribution < 1.29 is 9.90 Å². The standard InChI is InChI=1S/C11H20N2O2/c1-8-5-12-6-10(8)11(15)13-4-2-3-9(13)7-14/h8-10,12,14H,2-7H2,1H3/t8-,9-,10-/m1/s1. The number of carbonyl (C=O) groups is 1. The molecule has 2 rings (SSSR count). The molecule has 0 aromatic carbocycles. The summed E-state index contributed by atoms with van der Waals surface area (Å²) < 4.78 is 0. The number of rotatable bonds is 2. The number of nitrogens with zero attached hydrogens (tertiary/aromatic N) is 1. The van der Waals surface area contributed by atoms with Gasteiger partial charge in [-0.15, -0.1) is 0 Å². The first-order valence-corrected chi connectivity index (χ1v) is 5.86. The Morgan fingerprint density at radius 3 is 2.93 bits per heavy atom. The van der Waals surface area contributed by atoms with Crippen LogP contribution in [0.5, 0.6) is 0 Å². The van der Waals surface area contributed by atoms with E-state index in [0.29, 0.717) is 5.92 Å². The quantitative estimate of drug-likeness (QED) is 0.668. The third-order valence-electron chi connectivity index (χ3n) is 3.71.